The molecule has 5 saturated heterocycles. The summed E-state index contributed by atoms with van der Waals surface area (Å²) in [5.41, 5.74) is 7.56. The summed E-state index contributed by atoms with van der Waals surface area (Å²) >= 11 is 0. The SMILES string of the molecule is CC(=O)N[C@H]1[C@H](O[C@H]2[C@H](OC(C)=O)[C@@H](NC(C)=O)[C@H](O[C@H]3[C@@H](OP(O)O)O[C@H](C(N)=O)[C@@](C)(O)[C@@H]3OC(N)=O)O[C@@H]2CO[C@@H]2O[C@H](COC(C)=O)[C@@H](OC(C)=O)[C@H](OC(C)=O)[C@H]2OC(C)=O)O[C@H](C)[C@@H](O[C@@H]2O[C@H](C(=O)NC3=C(O)CCC3=O)[C@H](OC(C)=O)[C@H](OC(C)=O)[C@H]2OC(C)=O)[C@@H]1OC(C)=O. The molecular weight excluding hydrogens is 1430 g/mol. The molecule has 5 heterocycles. The minimum absolute atomic E-state index is 0.208. The Labute approximate surface area is 590 Å². The number of amides is 5. The van der Waals surface area contributed by atoms with Gasteiger partial charge in [0, 0.05) is 89.0 Å². The van der Waals surface area contributed by atoms with E-state index < -0.39 is 275 Å². The second-order valence-electron chi connectivity index (χ2n) is 24.2. The number of esters is 9. The number of allylic oxidation sites excluding steroid dienone is 2. The van der Waals surface area contributed by atoms with E-state index in [2.05, 4.69) is 16.0 Å². The van der Waals surface area contributed by atoms with Crippen LogP contribution in [0.4, 0.5) is 4.79 Å². The van der Waals surface area contributed by atoms with Gasteiger partial charge in [0.15, 0.2) is 110 Å². The van der Waals surface area contributed by atoms with Crippen LogP contribution in [-0.4, -0.2) is 275 Å². The van der Waals surface area contributed by atoms with E-state index in [4.69, 9.17) is 106 Å². The van der Waals surface area contributed by atoms with Gasteiger partial charge in [-0.05, 0) is 13.8 Å². The first kappa shape index (κ1) is 84.4. The third-order valence-electron chi connectivity index (χ3n) is 15.7. The van der Waals surface area contributed by atoms with Gasteiger partial charge in [-0.3, -0.25) is 71.6 Å². The Balaban J connectivity index is 1.57. The molecule has 1 aliphatic carbocycles. The number of hydrogen-bond acceptors (Lipinski definition) is 39. The standard InChI is InChI=1S/C59H82N5O39P/c1-18-37(97-56-47(94-29(12)75)44(92-27(10)73)43(91-26(9)72)45(99-56)52(79)64-34-30(76)14-15-31(34)77)40(88-23(6)69)35(62-19(2)65)53(86-18)98-38-33(17-85-55-46(93-28(11)74)42(90-25(8)71)39(87-22(5)68)32(96-55)16-84-21(4)67)95-54(36(63-20(3)66)41(38)89-24(7)70)100-48-49(102-58(61)80)59(13,81)50(51(60)78)101-57(48)103-104(82)83/h18,32-33,35-50,53-57,76,81-83H,14-17H2,1-13H3,(H2,60,78)(H2,61,80)(H,62,65)(H,63,66)(H,64,79)/t18-,32-,33-,35-,36-,37-,38-,39-,40-,41-,42+,43-,44+,45+,46-,47-,48-,49-,50-,53+,54+,55-,56-,57-,59+/m1/s1. The molecule has 104 heavy (non-hydrogen) atoms. The van der Waals surface area contributed by atoms with E-state index in [1.165, 1.54) is 6.92 Å². The van der Waals surface area contributed by atoms with Crippen LogP contribution in [0.5, 0.6) is 0 Å². The van der Waals surface area contributed by atoms with Crippen molar-refractivity contribution in [2.45, 2.75) is 256 Å². The predicted octanol–water partition coefficient (Wildman–Crippen LogP) is -4.99. The van der Waals surface area contributed by atoms with Crippen molar-refractivity contribution >= 4 is 97.8 Å². The van der Waals surface area contributed by atoms with Gasteiger partial charge in [-0.15, -0.1) is 0 Å². The summed E-state index contributed by atoms with van der Waals surface area (Å²) in [6.45, 7) is 9.91. The van der Waals surface area contributed by atoms with Crippen LogP contribution in [-0.2, 0) is 162 Å². The second kappa shape index (κ2) is 36.5. The molecule has 45 heteroatoms. The normalized spacial score (nSPS) is 34.7. The van der Waals surface area contributed by atoms with E-state index >= 15 is 0 Å². The maximum Gasteiger partial charge on any atom is 0.404 e. The molecule has 5 aliphatic heterocycles. The predicted molar refractivity (Wildman–Crippen MR) is 325 cm³/mol. The average molecular weight is 1520 g/mol. The van der Waals surface area contributed by atoms with Crippen molar-refractivity contribution in [1.29, 1.82) is 0 Å². The highest BCUT2D eigenvalue weighted by Crippen LogP contribution is 2.43. The Hall–Kier alpha value is -8.50. The number of Topliss-reactive ketones (excluding diaryl/α,β-unsaturated/α-hetero) is 1. The van der Waals surface area contributed by atoms with Gasteiger partial charge in [0.1, 0.15) is 60.2 Å². The minimum atomic E-state index is -3.61. The van der Waals surface area contributed by atoms with Crippen molar-refractivity contribution in [2.24, 2.45) is 11.5 Å². The first-order valence-corrected chi connectivity index (χ1v) is 32.6. The van der Waals surface area contributed by atoms with E-state index in [1.807, 2.05) is 0 Å². The zero-order valence-electron chi connectivity index (χ0n) is 57.9. The maximum absolute atomic E-state index is 14.3. The Morgan fingerprint density at radius 3 is 1.39 bits per heavy atom. The number of ether oxygens (including phenoxy) is 19. The fraction of sp³-hybridized carbons (Fsp3) is 0.712. The number of aliphatic hydroxyl groups is 2. The van der Waals surface area contributed by atoms with Crippen molar-refractivity contribution < 1.29 is 186 Å². The lowest BCUT2D eigenvalue weighted by molar-refractivity contribution is -0.375. The Morgan fingerprint density at radius 1 is 0.490 bits per heavy atom. The number of carbonyl (C=O) groups excluding carboxylic acids is 15. The van der Waals surface area contributed by atoms with Crippen LogP contribution in [0.2, 0.25) is 0 Å². The van der Waals surface area contributed by atoms with E-state index in [-0.39, 0.29) is 12.8 Å². The summed E-state index contributed by atoms with van der Waals surface area (Å²) in [6, 6.07) is -4.10. The van der Waals surface area contributed by atoms with Crippen molar-refractivity contribution in [2.75, 3.05) is 13.2 Å². The molecule has 6 aliphatic rings. The number of carbonyl (C=O) groups is 15. The molecule has 0 radical (unpaired) electrons. The third-order valence-corrected chi connectivity index (χ3v) is 16.1. The largest absolute Gasteiger partial charge is 0.510 e. The van der Waals surface area contributed by atoms with Crippen molar-refractivity contribution in [3.63, 3.8) is 0 Å². The highest BCUT2D eigenvalue weighted by Gasteiger charge is 2.64. The molecule has 0 aromatic rings. The molecule has 582 valence electrons. The minimum Gasteiger partial charge on any atom is -0.510 e. The summed E-state index contributed by atoms with van der Waals surface area (Å²) in [7, 11) is -3.61. The quantitative estimate of drug-likeness (QED) is 0.0211. The molecule has 0 spiro atoms. The summed E-state index contributed by atoms with van der Waals surface area (Å²) in [6.07, 6.45) is -48.6. The molecular formula is C59H82N5O39P. The van der Waals surface area contributed by atoms with Crippen molar-refractivity contribution in [3.8, 4) is 0 Å². The zero-order valence-corrected chi connectivity index (χ0v) is 58.8. The molecule has 0 aromatic carbocycles. The van der Waals surface area contributed by atoms with Crippen LogP contribution in [0.25, 0.3) is 0 Å². The molecule has 0 aromatic heterocycles. The highest BCUT2D eigenvalue weighted by molar-refractivity contribution is 7.39. The highest BCUT2D eigenvalue weighted by atomic mass is 31.2. The molecule has 25 atom stereocenters. The lowest BCUT2D eigenvalue weighted by Gasteiger charge is -2.52. The molecule has 11 N–H and O–H groups in total. The average Bonchev–Trinajstić information content (AvgIpc) is 0.840. The van der Waals surface area contributed by atoms with Gasteiger partial charge in [0.2, 0.25) is 17.7 Å². The second-order valence-corrected chi connectivity index (χ2v) is 24.9. The van der Waals surface area contributed by atoms with Crippen LogP contribution >= 0.6 is 8.60 Å². The van der Waals surface area contributed by atoms with E-state index in [1.54, 1.807) is 0 Å². The first-order chi connectivity index (χ1) is 48.5. The topological polar surface area (TPSA) is 610 Å². The monoisotopic (exact) mass is 1520 g/mol. The van der Waals surface area contributed by atoms with Crippen molar-refractivity contribution in [1.82, 2.24) is 16.0 Å². The molecule has 0 saturated carbocycles. The molecule has 6 rings (SSSR count). The number of aliphatic hydroxyl groups excluding tert-OH is 1. The fourth-order valence-corrected chi connectivity index (χ4v) is 12.4. The third kappa shape index (κ3) is 22.0. The van der Waals surface area contributed by atoms with Crippen LogP contribution in [0.15, 0.2) is 11.5 Å². The van der Waals surface area contributed by atoms with E-state index in [9.17, 15) is 91.9 Å². The molecule has 0 bridgehead atoms. The number of rotatable bonds is 27. The molecule has 5 fully saturated rings. The Morgan fingerprint density at radius 2 is 0.923 bits per heavy atom. The number of hydrogen-bond donors (Lipinski definition) is 9. The van der Waals surface area contributed by atoms with Gasteiger partial charge < -0.3 is 137 Å². The number of nitrogens with two attached hydrogens (primary N) is 2. The fourth-order valence-electron chi connectivity index (χ4n) is 12.1. The summed E-state index contributed by atoms with van der Waals surface area (Å²) < 4.78 is 117. The van der Waals surface area contributed by atoms with Gasteiger partial charge in [-0.2, -0.15) is 0 Å². The van der Waals surface area contributed by atoms with E-state index in [0.717, 1.165) is 83.1 Å². The summed E-state index contributed by atoms with van der Waals surface area (Å²) in [5.74, 6) is -16.2. The Kier molecular flexibility index (Phi) is 29.6. The molecule has 5 amide bonds. The van der Waals surface area contributed by atoms with Gasteiger partial charge in [0.25, 0.3) is 5.91 Å². The number of nitrogens with one attached hydrogen (secondary N) is 3. The van der Waals surface area contributed by atoms with Crippen LogP contribution in [0.3, 0.4) is 0 Å². The number of ketones is 1. The summed E-state index contributed by atoms with van der Waals surface area (Å²) in [4.78, 5) is 217. The van der Waals surface area contributed by atoms with Crippen LogP contribution in [0, 0.1) is 0 Å². The van der Waals surface area contributed by atoms with Crippen molar-refractivity contribution in [3.05, 3.63) is 11.5 Å². The molecule has 44 nitrogen and oxygen atoms in total. The van der Waals surface area contributed by atoms with E-state index in [0.29, 0.717) is 0 Å². The zero-order chi connectivity index (χ0) is 77.8. The van der Waals surface area contributed by atoms with Crippen LogP contribution in [0.1, 0.15) is 103 Å². The Bertz CT molecular complexity index is 3280. The number of primary amides is 2. The van der Waals surface area contributed by atoms with Gasteiger partial charge in [-0.1, -0.05) is 0 Å². The maximum atomic E-state index is 14.3. The smallest absolute Gasteiger partial charge is 0.404 e. The van der Waals surface area contributed by atoms with Gasteiger partial charge >= 0.3 is 68.4 Å². The first-order valence-electron chi connectivity index (χ1n) is 31.5. The molecule has 0 unspecified atom stereocenters. The lowest BCUT2D eigenvalue weighted by Crippen LogP contribution is -2.73. The van der Waals surface area contributed by atoms with Gasteiger partial charge in [0.05, 0.1) is 12.7 Å². The lowest BCUT2D eigenvalue weighted by atomic mass is 9.85. The van der Waals surface area contributed by atoms with Gasteiger partial charge in [-0.25, -0.2) is 4.79 Å². The van der Waals surface area contributed by atoms with Crippen LogP contribution < -0.4 is 27.4 Å². The summed E-state index contributed by atoms with van der Waals surface area (Å²) in [5, 5.41) is 29.6.